The Morgan fingerprint density at radius 1 is 1.14 bits per heavy atom. The summed E-state index contributed by atoms with van der Waals surface area (Å²) in [5.74, 6) is 0.411. The third-order valence-corrected chi connectivity index (χ3v) is 6.91. The number of ether oxygens (including phenoxy) is 1. The Morgan fingerprint density at radius 2 is 1.94 bits per heavy atom. The van der Waals surface area contributed by atoms with Crippen LogP contribution in [-0.4, -0.2) is 52.9 Å². The van der Waals surface area contributed by atoms with Gasteiger partial charge in [-0.15, -0.1) is 0 Å². The van der Waals surface area contributed by atoms with E-state index in [0.717, 1.165) is 12.8 Å². The van der Waals surface area contributed by atoms with Crippen molar-refractivity contribution in [2.75, 3.05) is 13.2 Å². The quantitative estimate of drug-likeness (QED) is 0.387. The van der Waals surface area contributed by atoms with Crippen molar-refractivity contribution in [2.45, 2.75) is 57.0 Å². The summed E-state index contributed by atoms with van der Waals surface area (Å²) in [5, 5.41) is 17.8. The second kappa shape index (κ2) is 9.94. The van der Waals surface area contributed by atoms with Crippen molar-refractivity contribution in [2.24, 2.45) is 17.8 Å². The van der Waals surface area contributed by atoms with Crippen LogP contribution in [0.25, 0.3) is 11.0 Å². The molecule has 1 aromatic carbocycles. The van der Waals surface area contributed by atoms with Crippen LogP contribution in [0.5, 0.6) is 5.75 Å². The van der Waals surface area contributed by atoms with Crippen molar-refractivity contribution in [1.82, 2.24) is 25.9 Å². The van der Waals surface area contributed by atoms with Gasteiger partial charge in [0, 0.05) is 12.5 Å². The molecule has 10 nitrogen and oxygen atoms in total. The fourth-order valence-corrected chi connectivity index (χ4v) is 4.44. The Balaban J connectivity index is 1.25. The van der Waals surface area contributed by atoms with E-state index in [1.807, 2.05) is 18.2 Å². The number of fused-ring (bicyclic) bond motifs is 1. The smallest absolute Gasteiger partial charge is 0.287 e. The van der Waals surface area contributed by atoms with Crippen molar-refractivity contribution in [3.63, 3.8) is 0 Å². The monoisotopic (exact) mass is 478 g/mol. The molecule has 35 heavy (non-hydrogen) atoms. The third-order valence-electron chi connectivity index (χ3n) is 6.91. The molecule has 4 N–H and O–H groups in total. The van der Waals surface area contributed by atoms with Crippen LogP contribution in [-0.2, 0) is 9.59 Å². The van der Waals surface area contributed by atoms with Crippen molar-refractivity contribution < 1.29 is 19.1 Å². The lowest BCUT2D eigenvalue weighted by Crippen LogP contribution is -2.50. The summed E-state index contributed by atoms with van der Waals surface area (Å²) in [6.07, 6.45) is 5.77. The zero-order chi connectivity index (χ0) is 24.4. The maximum Gasteiger partial charge on any atom is 0.287 e. The molecule has 0 radical (unpaired) electrons. The first-order valence-electron chi connectivity index (χ1n) is 12.4. The molecule has 3 atom stereocenters. The second-order valence-corrected chi connectivity index (χ2v) is 9.90. The molecule has 0 spiro atoms. The molecule has 184 valence electrons. The average molecular weight is 479 g/mol. The largest absolute Gasteiger partial charge is 0.491 e. The van der Waals surface area contributed by atoms with E-state index in [1.54, 1.807) is 0 Å². The number of para-hydroxylation sites is 1. The van der Waals surface area contributed by atoms with Crippen LogP contribution in [0.1, 0.15) is 55.6 Å². The van der Waals surface area contributed by atoms with Gasteiger partial charge in [-0.05, 0) is 56.1 Å². The lowest BCUT2D eigenvalue weighted by Gasteiger charge is -2.21. The summed E-state index contributed by atoms with van der Waals surface area (Å²) in [5.41, 5.74) is 1.27. The van der Waals surface area contributed by atoms with Gasteiger partial charge in [-0.25, -0.2) is 4.98 Å². The summed E-state index contributed by atoms with van der Waals surface area (Å²) in [6.45, 7) is 1.22. The molecule has 2 aromatic rings. The number of aromatic nitrogens is 2. The van der Waals surface area contributed by atoms with E-state index in [4.69, 9.17) is 4.74 Å². The molecule has 3 amide bonds. The van der Waals surface area contributed by atoms with Crippen molar-refractivity contribution in [3.05, 3.63) is 24.0 Å². The molecule has 1 saturated heterocycles. The number of carbonyl (C=O) groups excluding carboxylic acids is 3. The number of benzene rings is 1. The number of nitrogens with one attached hydrogen (secondary N) is 4. The van der Waals surface area contributed by atoms with E-state index < -0.39 is 23.9 Å². The van der Waals surface area contributed by atoms with Crippen LogP contribution < -0.4 is 20.7 Å². The summed E-state index contributed by atoms with van der Waals surface area (Å²) in [6, 6.07) is 6.00. The number of nitrogens with zero attached hydrogens (tertiary/aromatic N) is 2. The van der Waals surface area contributed by atoms with Gasteiger partial charge in [0.15, 0.2) is 5.82 Å². The van der Waals surface area contributed by atoms with Gasteiger partial charge in [-0.2, -0.15) is 5.26 Å². The predicted octanol–water partition coefficient (Wildman–Crippen LogP) is 1.78. The van der Waals surface area contributed by atoms with Crippen molar-refractivity contribution >= 4 is 28.8 Å². The third kappa shape index (κ3) is 5.73. The maximum absolute atomic E-state index is 13.1. The summed E-state index contributed by atoms with van der Waals surface area (Å²) >= 11 is 0. The Bertz CT molecular complexity index is 1160. The van der Waals surface area contributed by atoms with Crippen LogP contribution in [0.3, 0.4) is 0 Å². The van der Waals surface area contributed by atoms with E-state index in [9.17, 15) is 19.6 Å². The number of rotatable bonds is 11. The van der Waals surface area contributed by atoms with Crippen LogP contribution >= 0.6 is 0 Å². The molecule has 1 aliphatic heterocycles. The predicted molar refractivity (Wildman–Crippen MR) is 126 cm³/mol. The first-order valence-corrected chi connectivity index (χ1v) is 12.4. The Kier molecular flexibility index (Phi) is 6.57. The molecule has 5 rings (SSSR count). The fraction of sp³-hybridized carbons (Fsp3) is 0.560. The summed E-state index contributed by atoms with van der Waals surface area (Å²) < 4.78 is 5.90. The highest BCUT2D eigenvalue weighted by molar-refractivity contribution is 5.98. The minimum Gasteiger partial charge on any atom is -0.491 e. The first kappa shape index (κ1) is 23.1. The Morgan fingerprint density at radius 3 is 2.63 bits per heavy atom. The maximum atomic E-state index is 13.1. The molecular formula is C25H30N6O4. The van der Waals surface area contributed by atoms with Crippen molar-refractivity contribution in [3.8, 4) is 11.8 Å². The normalized spacial score (nSPS) is 21.1. The standard InChI is InChI=1S/C25H30N6O4/c26-12-17(11-16-8-9-27-23(16)32)28-24(33)19(10-14-4-5-14)30-25(34)22-29-18-2-1-3-20(21(18)31-22)35-13-15-6-7-15/h1-3,14-17,19H,4-11,13H2,(H,27,32)(H,28,33)(H,29,31)(H,30,34). The van der Waals surface area contributed by atoms with Gasteiger partial charge in [0.1, 0.15) is 23.3 Å². The highest BCUT2D eigenvalue weighted by atomic mass is 16.5. The molecular weight excluding hydrogens is 448 g/mol. The molecule has 3 unspecified atom stereocenters. The molecule has 2 heterocycles. The number of carbonyl (C=O) groups is 3. The van der Waals surface area contributed by atoms with E-state index in [-0.39, 0.29) is 24.1 Å². The summed E-state index contributed by atoms with van der Waals surface area (Å²) in [7, 11) is 0. The molecule has 2 aliphatic carbocycles. The van der Waals surface area contributed by atoms with Gasteiger partial charge in [0.2, 0.25) is 11.8 Å². The molecule has 1 aromatic heterocycles. The number of nitriles is 1. The molecule has 2 saturated carbocycles. The van der Waals surface area contributed by atoms with E-state index >= 15 is 0 Å². The minimum atomic E-state index is -0.799. The van der Waals surface area contributed by atoms with Gasteiger partial charge >= 0.3 is 0 Å². The van der Waals surface area contributed by atoms with Crippen LogP contribution in [0.2, 0.25) is 0 Å². The zero-order valence-corrected chi connectivity index (χ0v) is 19.5. The lowest BCUT2D eigenvalue weighted by atomic mass is 9.98. The topological polar surface area (TPSA) is 149 Å². The Hall–Kier alpha value is -3.61. The molecule has 3 aliphatic rings. The highest BCUT2D eigenvalue weighted by Crippen LogP contribution is 2.34. The highest BCUT2D eigenvalue weighted by Gasteiger charge is 2.34. The van der Waals surface area contributed by atoms with E-state index in [1.165, 1.54) is 12.8 Å². The molecule has 0 bridgehead atoms. The van der Waals surface area contributed by atoms with Gasteiger partial charge in [-0.1, -0.05) is 18.9 Å². The van der Waals surface area contributed by atoms with Gasteiger partial charge in [-0.3, -0.25) is 14.4 Å². The van der Waals surface area contributed by atoms with E-state index in [0.29, 0.717) is 54.6 Å². The fourth-order valence-electron chi connectivity index (χ4n) is 4.44. The number of hydrogen-bond donors (Lipinski definition) is 4. The average Bonchev–Trinajstić information content (AvgIpc) is 3.77. The number of H-pyrrole nitrogens is 1. The van der Waals surface area contributed by atoms with Crippen LogP contribution in [0, 0.1) is 29.1 Å². The number of amides is 3. The van der Waals surface area contributed by atoms with Gasteiger partial charge in [0.05, 0.1) is 18.2 Å². The van der Waals surface area contributed by atoms with E-state index in [2.05, 4.69) is 32.0 Å². The minimum absolute atomic E-state index is 0.0901. The number of hydrogen-bond acceptors (Lipinski definition) is 6. The Labute approximate surface area is 203 Å². The van der Waals surface area contributed by atoms with Gasteiger partial charge < -0.3 is 25.7 Å². The molecule has 10 heteroatoms. The number of imidazole rings is 1. The SMILES string of the molecule is N#CC(CC1CCNC1=O)NC(=O)C(CC1CC1)NC(=O)c1nc2c(OCC3CC3)cccc2[nH]1. The van der Waals surface area contributed by atoms with Gasteiger partial charge in [0.25, 0.3) is 5.91 Å². The number of aromatic amines is 1. The summed E-state index contributed by atoms with van der Waals surface area (Å²) in [4.78, 5) is 45.4. The zero-order valence-electron chi connectivity index (χ0n) is 19.5. The lowest BCUT2D eigenvalue weighted by molar-refractivity contribution is -0.125. The molecule has 3 fully saturated rings. The van der Waals surface area contributed by atoms with Crippen LogP contribution in [0.15, 0.2) is 18.2 Å². The first-order chi connectivity index (χ1) is 17.0. The second-order valence-electron chi connectivity index (χ2n) is 9.90. The van der Waals surface area contributed by atoms with Crippen molar-refractivity contribution in [1.29, 1.82) is 5.26 Å². The van der Waals surface area contributed by atoms with Crippen LogP contribution in [0.4, 0.5) is 0 Å².